The highest BCUT2D eigenvalue weighted by molar-refractivity contribution is 6.31. The number of benzene rings is 1. The van der Waals surface area contributed by atoms with Gasteiger partial charge in [0.05, 0.1) is 0 Å². The first-order valence-electron chi connectivity index (χ1n) is 4.34. The van der Waals surface area contributed by atoms with E-state index in [-0.39, 0.29) is 16.5 Å². The van der Waals surface area contributed by atoms with Gasteiger partial charge in [0.2, 0.25) is 0 Å². The van der Waals surface area contributed by atoms with E-state index in [0.29, 0.717) is 12.1 Å². The minimum absolute atomic E-state index is 0.0906. The molecule has 0 fully saturated rings. The van der Waals surface area contributed by atoms with Crippen LogP contribution in [-0.2, 0) is 0 Å². The van der Waals surface area contributed by atoms with Crippen molar-refractivity contribution in [2.24, 2.45) is 5.73 Å². The molecule has 0 aliphatic carbocycles. The first-order chi connectivity index (χ1) is 6.57. The van der Waals surface area contributed by atoms with Crippen LogP contribution in [0.3, 0.4) is 0 Å². The summed E-state index contributed by atoms with van der Waals surface area (Å²) in [5, 5.41) is 0.109. The molecule has 0 aromatic heterocycles. The standard InChI is InChI=1S/C10H12ClF2N/c1-6(5-14)7-3-2-4-8(11)9(7)10(12)13/h2-4,6,10H,5,14H2,1H3. The Hall–Kier alpha value is -0.670. The predicted molar refractivity (Wildman–Crippen MR) is 53.9 cm³/mol. The normalized spacial score (nSPS) is 13.3. The molecule has 1 nitrogen and oxygen atoms in total. The summed E-state index contributed by atoms with van der Waals surface area (Å²) in [5.41, 5.74) is 5.88. The van der Waals surface area contributed by atoms with Gasteiger partial charge in [0, 0.05) is 10.6 Å². The van der Waals surface area contributed by atoms with Crippen molar-refractivity contribution in [3.63, 3.8) is 0 Å². The van der Waals surface area contributed by atoms with E-state index in [1.807, 2.05) is 0 Å². The molecule has 78 valence electrons. The maximum absolute atomic E-state index is 12.7. The summed E-state index contributed by atoms with van der Waals surface area (Å²) in [4.78, 5) is 0. The molecule has 1 aromatic rings. The minimum atomic E-state index is -2.55. The van der Waals surface area contributed by atoms with Crippen LogP contribution in [-0.4, -0.2) is 6.54 Å². The number of alkyl halides is 2. The van der Waals surface area contributed by atoms with E-state index in [1.165, 1.54) is 6.07 Å². The molecule has 0 amide bonds. The van der Waals surface area contributed by atoms with E-state index < -0.39 is 6.43 Å². The van der Waals surface area contributed by atoms with Crippen LogP contribution >= 0.6 is 11.6 Å². The van der Waals surface area contributed by atoms with Gasteiger partial charge < -0.3 is 5.73 Å². The fourth-order valence-corrected chi connectivity index (χ4v) is 1.60. The quantitative estimate of drug-likeness (QED) is 0.829. The third-order valence-corrected chi connectivity index (χ3v) is 2.52. The molecule has 2 N–H and O–H groups in total. The van der Waals surface area contributed by atoms with Crippen LogP contribution in [0, 0.1) is 0 Å². The number of halogens is 3. The topological polar surface area (TPSA) is 26.0 Å². The lowest BCUT2D eigenvalue weighted by atomic mass is 9.96. The largest absolute Gasteiger partial charge is 0.330 e. The van der Waals surface area contributed by atoms with Gasteiger partial charge in [0.15, 0.2) is 0 Å². The molecule has 0 aliphatic heterocycles. The van der Waals surface area contributed by atoms with E-state index in [4.69, 9.17) is 17.3 Å². The van der Waals surface area contributed by atoms with Crippen molar-refractivity contribution >= 4 is 11.6 Å². The van der Waals surface area contributed by atoms with Crippen LogP contribution in [0.1, 0.15) is 30.4 Å². The zero-order chi connectivity index (χ0) is 10.7. The van der Waals surface area contributed by atoms with Crippen molar-refractivity contribution in [2.75, 3.05) is 6.54 Å². The van der Waals surface area contributed by atoms with Crippen molar-refractivity contribution < 1.29 is 8.78 Å². The molecular formula is C10H12ClF2N. The van der Waals surface area contributed by atoms with Gasteiger partial charge in [-0.25, -0.2) is 8.78 Å². The molecule has 1 unspecified atom stereocenters. The average molecular weight is 220 g/mol. The Bertz CT molecular complexity index is 315. The van der Waals surface area contributed by atoms with Gasteiger partial charge in [0.1, 0.15) is 0 Å². The molecule has 14 heavy (non-hydrogen) atoms. The SMILES string of the molecule is CC(CN)c1cccc(Cl)c1C(F)F. The van der Waals surface area contributed by atoms with E-state index in [2.05, 4.69) is 0 Å². The number of rotatable bonds is 3. The van der Waals surface area contributed by atoms with Crippen LogP contribution in [0.2, 0.25) is 5.02 Å². The van der Waals surface area contributed by atoms with Crippen molar-refractivity contribution in [1.82, 2.24) is 0 Å². The predicted octanol–water partition coefficient (Wildman–Crippen LogP) is 3.34. The number of hydrogen-bond acceptors (Lipinski definition) is 1. The van der Waals surface area contributed by atoms with Crippen molar-refractivity contribution in [3.8, 4) is 0 Å². The second-order valence-electron chi connectivity index (χ2n) is 3.18. The molecule has 1 aromatic carbocycles. The third kappa shape index (κ3) is 2.22. The molecule has 0 bridgehead atoms. The highest BCUT2D eigenvalue weighted by Crippen LogP contribution is 2.33. The van der Waals surface area contributed by atoms with Gasteiger partial charge in [-0.3, -0.25) is 0 Å². The van der Waals surface area contributed by atoms with Crippen LogP contribution in [0.25, 0.3) is 0 Å². The Morgan fingerprint density at radius 1 is 1.43 bits per heavy atom. The van der Waals surface area contributed by atoms with Gasteiger partial charge in [0.25, 0.3) is 6.43 Å². The van der Waals surface area contributed by atoms with Gasteiger partial charge in [-0.15, -0.1) is 0 Å². The maximum Gasteiger partial charge on any atom is 0.265 e. The summed E-state index contributed by atoms with van der Waals surface area (Å²) in [5.74, 6) is -0.0994. The van der Waals surface area contributed by atoms with Gasteiger partial charge >= 0.3 is 0 Å². The first-order valence-corrected chi connectivity index (χ1v) is 4.72. The van der Waals surface area contributed by atoms with E-state index in [1.54, 1.807) is 19.1 Å². The molecule has 1 atom stereocenters. The zero-order valence-corrected chi connectivity index (χ0v) is 8.56. The monoisotopic (exact) mass is 219 g/mol. The minimum Gasteiger partial charge on any atom is -0.330 e. The molecular weight excluding hydrogens is 208 g/mol. The molecule has 0 saturated heterocycles. The van der Waals surface area contributed by atoms with Crippen LogP contribution in [0.4, 0.5) is 8.78 Å². The summed E-state index contributed by atoms with van der Waals surface area (Å²) >= 11 is 5.70. The summed E-state index contributed by atoms with van der Waals surface area (Å²) in [6.07, 6.45) is -2.55. The molecule has 4 heteroatoms. The van der Waals surface area contributed by atoms with E-state index in [0.717, 1.165) is 0 Å². The lowest BCUT2D eigenvalue weighted by Crippen LogP contribution is -2.11. The zero-order valence-electron chi connectivity index (χ0n) is 7.81. The fourth-order valence-electron chi connectivity index (χ4n) is 1.34. The second-order valence-corrected chi connectivity index (χ2v) is 3.59. The highest BCUT2D eigenvalue weighted by Gasteiger charge is 2.19. The Balaban J connectivity index is 3.21. The number of hydrogen-bond donors (Lipinski definition) is 1. The molecule has 0 saturated carbocycles. The Kier molecular flexibility index (Phi) is 3.84. The van der Waals surface area contributed by atoms with Gasteiger partial charge in [-0.05, 0) is 24.1 Å². The number of nitrogens with two attached hydrogens (primary N) is 1. The molecule has 0 heterocycles. The average Bonchev–Trinajstić information content (AvgIpc) is 2.15. The molecule has 0 aliphatic rings. The van der Waals surface area contributed by atoms with E-state index >= 15 is 0 Å². The smallest absolute Gasteiger partial charge is 0.265 e. The summed E-state index contributed by atoms with van der Waals surface area (Å²) in [6.45, 7) is 2.14. The molecule has 1 rings (SSSR count). The van der Waals surface area contributed by atoms with Crippen LogP contribution in [0.5, 0.6) is 0 Å². The summed E-state index contributed by atoms with van der Waals surface area (Å²) < 4.78 is 25.3. The van der Waals surface area contributed by atoms with Crippen molar-refractivity contribution in [3.05, 3.63) is 34.3 Å². The van der Waals surface area contributed by atoms with Gasteiger partial charge in [-0.1, -0.05) is 30.7 Å². The van der Waals surface area contributed by atoms with Crippen molar-refractivity contribution in [2.45, 2.75) is 19.3 Å². The third-order valence-electron chi connectivity index (χ3n) is 2.19. The molecule has 0 radical (unpaired) electrons. The first kappa shape index (κ1) is 11.4. The van der Waals surface area contributed by atoms with Crippen LogP contribution in [0.15, 0.2) is 18.2 Å². The highest BCUT2D eigenvalue weighted by atomic mass is 35.5. The van der Waals surface area contributed by atoms with Gasteiger partial charge in [-0.2, -0.15) is 0 Å². The van der Waals surface area contributed by atoms with Crippen LogP contribution < -0.4 is 5.73 Å². The summed E-state index contributed by atoms with van der Waals surface area (Å²) in [6, 6.07) is 4.77. The summed E-state index contributed by atoms with van der Waals surface area (Å²) in [7, 11) is 0. The maximum atomic E-state index is 12.7. The lowest BCUT2D eigenvalue weighted by Gasteiger charge is -2.15. The lowest BCUT2D eigenvalue weighted by molar-refractivity contribution is 0.150. The van der Waals surface area contributed by atoms with Crippen molar-refractivity contribution in [1.29, 1.82) is 0 Å². The Morgan fingerprint density at radius 3 is 2.57 bits per heavy atom. The Labute approximate surface area is 86.9 Å². The Morgan fingerprint density at radius 2 is 2.07 bits per heavy atom. The second kappa shape index (κ2) is 4.71. The molecule has 0 spiro atoms. The van der Waals surface area contributed by atoms with E-state index in [9.17, 15) is 8.78 Å². The fraction of sp³-hybridized carbons (Fsp3) is 0.400.